The monoisotopic (exact) mass is 223 g/mol. The lowest BCUT2D eigenvalue weighted by molar-refractivity contribution is 1.25. The van der Waals surface area contributed by atoms with Gasteiger partial charge in [0.05, 0.1) is 5.52 Å². The van der Waals surface area contributed by atoms with Crippen molar-refractivity contribution in [2.24, 2.45) is 0 Å². The van der Waals surface area contributed by atoms with Crippen LogP contribution in [0, 0.1) is 6.92 Å². The summed E-state index contributed by atoms with van der Waals surface area (Å²) in [6.45, 7) is 10.3. The Hall–Kier alpha value is -1.89. The van der Waals surface area contributed by atoms with Crippen LogP contribution in [0.15, 0.2) is 35.9 Å². The molecule has 0 fully saturated rings. The van der Waals surface area contributed by atoms with Crippen LogP contribution in [0.5, 0.6) is 0 Å². The molecule has 1 heteroatoms. The smallest absolute Gasteiger partial charge is 0.0777 e. The molecule has 0 bridgehead atoms. The van der Waals surface area contributed by atoms with Crippen LogP contribution in [-0.4, -0.2) is 4.98 Å². The van der Waals surface area contributed by atoms with Crippen molar-refractivity contribution in [2.75, 3.05) is 0 Å². The van der Waals surface area contributed by atoms with Gasteiger partial charge in [0.2, 0.25) is 0 Å². The fraction of sp³-hybridized carbons (Fsp3) is 0.188. The van der Waals surface area contributed by atoms with Gasteiger partial charge in [-0.3, -0.25) is 4.98 Å². The van der Waals surface area contributed by atoms with Crippen molar-refractivity contribution in [3.05, 3.63) is 52.0 Å². The number of hydrogen-bond donors (Lipinski definition) is 0. The highest BCUT2D eigenvalue weighted by molar-refractivity contribution is 5.79. The van der Waals surface area contributed by atoms with Gasteiger partial charge in [-0.25, -0.2) is 0 Å². The lowest BCUT2D eigenvalue weighted by atomic mass is 10.1. The second-order valence-electron chi connectivity index (χ2n) is 4.57. The van der Waals surface area contributed by atoms with Crippen LogP contribution in [0.3, 0.4) is 0 Å². The summed E-state index contributed by atoms with van der Waals surface area (Å²) in [4.78, 5) is 4.56. The maximum Gasteiger partial charge on any atom is 0.0777 e. The van der Waals surface area contributed by atoms with Gasteiger partial charge in [0.15, 0.2) is 0 Å². The molecule has 0 saturated carbocycles. The molecule has 0 aliphatic rings. The quantitative estimate of drug-likeness (QED) is 0.724. The van der Waals surface area contributed by atoms with Crippen molar-refractivity contribution >= 4 is 23.6 Å². The van der Waals surface area contributed by atoms with Crippen LogP contribution < -0.4 is 10.4 Å². The third-order valence-electron chi connectivity index (χ3n) is 2.74. The van der Waals surface area contributed by atoms with Crippen molar-refractivity contribution in [3.63, 3.8) is 0 Å². The zero-order valence-electron chi connectivity index (χ0n) is 10.6. The van der Waals surface area contributed by atoms with Gasteiger partial charge in [0.25, 0.3) is 0 Å². The molecule has 1 aromatic heterocycles. The van der Waals surface area contributed by atoms with Crippen molar-refractivity contribution < 1.29 is 0 Å². The van der Waals surface area contributed by atoms with Crippen LogP contribution in [0.1, 0.15) is 19.5 Å². The highest BCUT2D eigenvalue weighted by Gasteiger charge is 1.96. The molecule has 0 amide bonds. The summed E-state index contributed by atoms with van der Waals surface area (Å²) in [5.41, 5.74) is 3.31. The first-order valence-electron chi connectivity index (χ1n) is 5.78. The van der Waals surface area contributed by atoms with Gasteiger partial charge in [-0.2, -0.15) is 0 Å². The van der Waals surface area contributed by atoms with Gasteiger partial charge < -0.3 is 0 Å². The molecule has 0 unspecified atom stereocenters. The second kappa shape index (κ2) is 4.54. The van der Waals surface area contributed by atoms with E-state index >= 15 is 0 Å². The van der Waals surface area contributed by atoms with Crippen LogP contribution in [0.2, 0.25) is 0 Å². The standard InChI is InChI=1S/C16H17N/c1-11(2)5-7-14-9-10-15-8-6-12(3)17-16(15)13(14)4/h5-10H,4H2,1-3H3/b14-7-. The summed E-state index contributed by atoms with van der Waals surface area (Å²) in [6, 6.07) is 8.32. The van der Waals surface area contributed by atoms with Crippen molar-refractivity contribution in [2.45, 2.75) is 20.8 Å². The van der Waals surface area contributed by atoms with E-state index in [2.05, 4.69) is 55.8 Å². The lowest BCUT2D eigenvalue weighted by Gasteiger charge is -1.99. The van der Waals surface area contributed by atoms with Gasteiger partial charge in [-0.05, 0) is 32.1 Å². The third kappa shape index (κ3) is 2.44. The number of fused-ring (bicyclic) bond motifs is 1. The third-order valence-corrected chi connectivity index (χ3v) is 2.74. The van der Waals surface area contributed by atoms with E-state index in [0.717, 1.165) is 27.0 Å². The minimum absolute atomic E-state index is 1.00. The fourth-order valence-corrected chi connectivity index (χ4v) is 1.77. The number of hydrogen-bond acceptors (Lipinski definition) is 1. The number of benzene rings is 1. The molecule has 0 saturated heterocycles. The van der Waals surface area contributed by atoms with Crippen LogP contribution in [-0.2, 0) is 0 Å². The number of nitrogens with zero attached hydrogens (tertiary/aromatic N) is 1. The molecule has 86 valence electrons. The number of allylic oxidation sites excluding steroid dienone is 2. The summed E-state index contributed by atoms with van der Waals surface area (Å²) in [7, 11) is 0. The highest BCUT2D eigenvalue weighted by Crippen LogP contribution is 2.05. The Bertz CT molecular complexity index is 689. The Labute approximate surface area is 102 Å². The molecule has 2 rings (SSSR count). The first kappa shape index (κ1) is 11.6. The van der Waals surface area contributed by atoms with E-state index in [0.29, 0.717) is 0 Å². The summed E-state index contributed by atoms with van der Waals surface area (Å²) in [6.07, 6.45) is 4.20. The Morgan fingerprint density at radius 1 is 1.18 bits per heavy atom. The van der Waals surface area contributed by atoms with Crippen LogP contribution in [0.4, 0.5) is 0 Å². The predicted octanol–water partition coefficient (Wildman–Crippen LogP) is 2.70. The van der Waals surface area contributed by atoms with E-state index in [4.69, 9.17) is 0 Å². The predicted molar refractivity (Wildman–Crippen MR) is 75.1 cm³/mol. The van der Waals surface area contributed by atoms with E-state index in [9.17, 15) is 0 Å². The van der Waals surface area contributed by atoms with E-state index in [-0.39, 0.29) is 0 Å². The average Bonchev–Trinajstić information content (AvgIpc) is 2.29. The number of rotatable bonds is 1. The maximum absolute atomic E-state index is 4.56. The van der Waals surface area contributed by atoms with Crippen molar-refractivity contribution in [1.29, 1.82) is 0 Å². The Balaban J connectivity index is 2.78. The zero-order chi connectivity index (χ0) is 12.4. The van der Waals surface area contributed by atoms with E-state index in [1.807, 2.05) is 13.0 Å². The van der Waals surface area contributed by atoms with Crippen molar-refractivity contribution in [3.8, 4) is 0 Å². The Kier molecular flexibility index (Phi) is 3.10. The molecule has 0 radical (unpaired) electrons. The molecule has 0 atom stereocenters. The zero-order valence-corrected chi connectivity index (χ0v) is 10.6. The Morgan fingerprint density at radius 2 is 1.88 bits per heavy atom. The molecule has 1 aromatic carbocycles. The van der Waals surface area contributed by atoms with E-state index in [1.54, 1.807) is 0 Å². The fourth-order valence-electron chi connectivity index (χ4n) is 1.77. The van der Waals surface area contributed by atoms with Gasteiger partial charge in [-0.15, -0.1) is 0 Å². The molecule has 0 N–H and O–H groups in total. The average molecular weight is 223 g/mol. The molecular formula is C16H17N. The molecule has 0 aliphatic heterocycles. The highest BCUT2D eigenvalue weighted by atomic mass is 14.7. The summed E-state index contributed by atoms with van der Waals surface area (Å²) in [5, 5.41) is 3.29. The first-order chi connectivity index (χ1) is 8.08. The summed E-state index contributed by atoms with van der Waals surface area (Å²) < 4.78 is 0. The van der Waals surface area contributed by atoms with Gasteiger partial charge in [0, 0.05) is 16.3 Å². The van der Waals surface area contributed by atoms with Gasteiger partial charge in [0.1, 0.15) is 0 Å². The minimum Gasteiger partial charge on any atom is -0.253 e. The Morgan fingerprint density at radius 3 is 2.59 bits per heavy atom. The largest absolute Gasteiger partial charge is 0.253 e. The SMILES string of the molecule is C=c1/c(=C\C=C(C)C)ccc2ccc(C)nc12. The summed E-state index contributed by atoms with van der Waals surface area (Å²) >= 11 is 0. The number of aryl methyl sites for hydroxylation is 1. The first-order valence-corrected chi connectivity index (χ1v) is 5.78. The van der Waals surface area contributed by atoms with Crippen LogP contribution >= 0.6 is 0 Å². The van der Waals surface area contributed by atoms with Gasteiger partial charge in [-0.1, -0.05) is 42.5 Å². The van der Waals surface area contributed by atoms with E-state index in [1.165, 1.54) is 5.57 Å². The molecule has 0 aliphatic carbocycles. The second-order valence-corrected chi connectivity index (χ2v) is 4.57. The van der Waals surface area contributed by atoms with Crippen LogP contribution in [0.25, 0.3) is 23.6 Å². The summed E-state index contributed by atoms with van der Waals surface area (Å²) in [5.74, 6) is 0. The maximum atomic E-state index is 4.56. The molecule has 2 aromatic rings. The van der Waals surface area contributed by atoms with Crippen molar-refractivity contribution in [1.82, 2.24) is 4.98 Å². The molecule has 1 nitrogen and oxygen atoms in total. The lowest BCUT2D eigenvalue weighted by Crippen LogP contribution is -2.24. The molecule has 17 heavy (non-hydrogen) atoms. The number of pyridine rings is 1. The van der Waals surface area contributed by atoms with E-state index < -0.39 is 0 Å². The van der Waals surface area contributed by atoms with Gasteiger partial charge >= 0.3 is 0 Å². The normalized spacial score (nSPS) is 11.8. The topological polar surface area (TPSA) is 12.9 Å². The molecular weight excluding hydrogens is 206 g/mol. The minimum atomic E-state index is 1.00. The molecule has 0 spiro atoms. The molecule has 1 heterocycles. The number of aromatic nitrogens is 1.